The highest BCUT2D eigenvalue weighted by atomic mass is 35.5. The lowest BCUT2D eigenvalue weighted by Crippen LogP contribution is -2.47. The molecule has 0 saturated carbocycles. The van der Waals surface area contributed by atoms with Crippen LogP contribution in [0.2, 0.25) is 5.02 Å². The highest BCUT2D eigenvalue weighted by Crippen LogP contribution is 2.55. The molecule has 0 bridgehead atoms. The predicted octanol–water partition coefficient (Wildman–Crippen LogP) is 5.40. The number of aromatic nitrogens is 1. The van der Waals surface area contributed by atoms with Gasteiger partial charge in [0, 0.05) is 39.3 Å². The number of nitrogens with zero attached hydrogens (tertiary/aromatic N) is 1. The van der Waals surface area contributed by atoms with Crippen LogP contribution in [0.5, 0.6) is 0 Å². The molecule has 6 nitrogen and oxygen atoms in total. The predicted molar refractivity (Wildman–Crippen MR) is 136 cm³/mol. The minimum Gasteiger partial charge on any atom is -0.464 e. The Hall–Kier alpha value is -3.91. The average Bonchev–Trinajstić information content (AvgIpc) is 3.54. The zero-order valence-electron chi connectivity index (χ0n) is 19.8. The number of H-pyrrole nitrogens is 1. The number of hydrogen-bond donors (Lipinski definition) is 2. The zero-order chi connectivity index (χ0) is 25.9. The van der Waals surface area contributed by atoms with E-state index in [2.05, 4.69) is 10.3 Å². The van der Waals surface area contributed by atoms with Gasteiger partial charge >= 0.3 is 5.97 Å². The third-order valence-electron chi connectivity index (χ3n) is 7.52. The molecule has 1 saturated heterocycles. The number of para-hydroxylation sites is 1. The lowest BCUT2D eigenvalue weighted by Gasteiger charge is -2.33. The molecule has 2 aliphatic heterocycles. The molecule has 1 amide bonds. The van der Waals surface area contributed by atoms with Crippen molar-refractivity contribution in [3.63, 3.8) is 0 Å². The molecule has 0 radical (unpaired) electrons. The van der Waals surface area contributed by atoms with Gasteiger partial charge in [-0.25, -0.2) is 13.6 Å². The molecule has 1 fully saturated rings. The van der Waals surface area contributed by atoms with Gasteiger partial charge in [-0.15, -0.1) is 0 Å². The van der Waals surface area contributed by atoms with Crippen molar-refractivity contribution in [1.82, 2.24) is 9.88 Å². The first kappa shape index (κ1) is 23.5. The van der Waals surface area contributed by atoms with Crippen LogP contribution in [0.25, 0.3) is 10.9 Å². The first-order valence-corrected chi connectivity index (χ1v) is 12.2. The molecule has 2 aliphatic rings. The fraction of sp³-hybridized carbons (Fsp3) is 0.214. The number of likely N-dealkylation sites (tertiary alicyclic amines) is 1. The number of carbonyl (C=O) groups is 2. The molecule has 2 atom stereocenters. The number of esters is 1. The van der Waals surface area contributed by atoms with E-state index in [1.165, 1.54) is 19.2 Å². The number of fused-ring (bicyclic) bond motifs is 4. The molecule has 37 heavy (non-hydrogen) atoms. The summed E-state index contributed by atoms with van der Waals surface area (Å²) in [6.07, 6.45) is -0.379. The van der Waals surface area contributed by atoms with Gasteiger partial charge in [-0.3, -0.25) is 4.79 Å². The number of aromatic amines is 1. The number of ether oxygens (including phenoxy) is 1. The van der Waals surface area contributed by atoms with E-state index in [0.717, 1.165) is 22.7 Å². The van der Waals surface area contributed by atoms with Crippen LogP contribution in [-0.2, 0) is 21.4 Å². The van der Waals surface area contributed by atoms with Crippen molar-refractivity contribution in [1.29, 1.82) is 0 Å². The summed E-state index contributed by atoms with van der Waals surface area (Å²) in [5.41, 5.74) is 2.61. The molecule has 3 aromatic carbocycles. The summed E-state index contributed by atoms with van der Waals surface area (Å²) in [4.78, 5) is 31.4. The summed E-state index contributed by atoms with van der Waals surface area (Å²) < 4.78 is 33.3. The number of carbonyl (C=O) groups excluding carboxylic acids is 2. The number of amides is 1. The van der Waals surface area contributed by atoms with Gasteiger partial charge in [0.2, 0.25) is 5.91 Å². The van der Waals surface area contributed by atoms with Gasteiger partial charge in [-0.2, -0.15) is 0 Å². The summed E-state index contributed by atoms with van der Waals surface area (Å²) >= 11 is 6.38. The summed E-state index contributed by atoms with van der Waals surface area (Å²) in [6.45, 7) is 0.343. The maximum Gasteiger partial charge on any atom is 0.354 e. The Morgan fingerprint density at radius 1 is 1.14 bits per heavy atom. The van der Waals surface area contributed by atoms with Crippen molar-refractivity contribution in [2.45, 2.75) is 24.4 Å². The fourth-order valence-corrected chi connectivity index (χ4v) is 6.13. The highest BCUT2D eigenvalue weighted by molar-refractivity contribution is 6.31. The first-order valence-electron chi connectivity index (χ1n) is 11.8. The van der Waals surface area contributed by atoms with Crippen molar-refractivity contribution in [3.8, 4) is 0 Å². The smallest absolute Gasteiger partial charge is 0.354 e. The number of hydrogen-bond acceptors (Lipinski definition) is 4. The average molecular weight is 522 g/mol. The second kappa shape index (κ2) is 8.59. The van der Waals surface area contributed by atoms with E-state index in [-0.39, 0.29) is 23.6 Å². The maximum atomic E-state index is 14.4. The topological polar surface area (TPSA) is 74.4 Å². The molecular formula is C28H22ClF2N3O3. The Labute approximate surface area is 216 Å². The van der Waals surface area contributed by atoms with Crippen molar-refractivity contribution in [2.24, 2.45) is 0 Å². The van der Waals surface area contributed by atoms with Crippen LogP contribution < -0.4 is 5.32 Å². The van der Waals surface area contributed by atoms with Crippen LogP contribution in [0, 0.1) is 11.6 Å². The van der Waals surface area contributed by atoms with Gasteiger partial charge in [0.25, 0.3) is 0 Å². The van der Waals surface area contributed by atoms with E-state index < -0.39 is 29.2 Å². The van der Waals surface area contributed by atoms with Crippen molar-refractivity contribution >= 4 is 40.1 Å². The highest BCUT2D eigenvalue weighted by Gasteiger charge is 2.58. The standard InChI is InChI=1S/C28H22ClF2N3O3/c1-37-26(36)25-23(17-14-16(29)9-10-20(17)32-25)28-11-12-34(27(28)33-21-8-3-2-6-18(21)28)22(35)13-15-5-4-7-19(30)24(15)31/h2-10,14,27,32-33H,11-13H2,1H3/t27-,28-/m1/s1. The number of nitrogens with one attached hydrogen (secondary N) is 2. The number of methoxy groups -OCH3 is 1. The van der Waals surface area contributed by atoms with Crippen molar-refractivity contribution < 1.29 is 23.1 Å². The molecule has 2 N–H and O–H groups in total. The lowest BCUT2D eigenvalue weighted by molar-refractivity contribution is -0.131. The molecule has 4 aromatic rings. The van der Waals surface area contributed by atoms with Gasteiger partial charge < -0.3 is 19.9 Å². The van der Waals surface area contributed by atoms with E-state index >= 15 is 0 Å². The van der Waals surface area contributed by atoms with Gasteiger partial charge in [0.1, 0.15) is 11.9 Å². The Morgan fingerprint density at radius 2 is 1.95 bits per heavy atom. The molecule has 0 unspecified atom stereocenters. The largest absolute Gasteiger partial charge is 0.464 e. The number of benzene rings is 3. The second-order valence-corrected chi connectivity index (χ2v) is 9.78. The van der Waals surface area contributed by atoms with Gasteiger partial charge in [0.05, 0.1) is 18.9 Å². The summed E-state index contributed by atoms with van der Waals surface area (Å²) in [6, 6.07) is 16.9. The van der Waals surface area contributed by atoms with Crippen LogP contribution in [0.3, 0.4) is 0 Å². The number of halogens is 3. The molecular weight excluding hydrogens is 500 g/mol. The molecule has 6 rings (SSSR count). The third-order valence-corrected chi connectivity index (χ3v) is 7.75. The lowest BCUT2D eigenvalue weighted by atomic mass is 9.72. The van der Waals surface area contributed by atoms with Gasteiger partial charge in [0.15, 0.2) is 11.6 Å². The SMILES string of the molecule is COC(=O)c1[nH]c2ccc(Cl)cc2c1[C@]12CCN(C(=O)Cc3cccc(F)c3F)[C@H]1Nc1ccccc12. The van der Waals surface area contributed by atoms with Crippen molar-refractivity contribution in [3.05, 3.63) is 99.7 Å². The van der Waals surface area contributed by atoms with E-state index in [1.54, 1.807) is 23.1 Å². The van der Waals surface area contributed by atoms with E-state index in [0.29, 0.717) is 29.1 Å². The first-order chi connectivity index (χ1) is 17.8. The van der Waals surface area contributed by atoms with Crippen molar-refractivity contribution in [2.75, 3.05) is 19.0 Å². The van der Waals surface area contributed by atoms with Crippen LogP contribution in [0.15, 0.2) is 60.7 Å². The summed E-state index contributed by atoms with van der Waals surface area (Å²) in [7, 11) is 1.32. The Balaban J connectivity index is 1.52. The number of rotatable bonds is 4. The Morgan fingerprint density at radius 3 is 2.76 bits per heavy atom. The van der Waals surface area contributed by atoms with Gasteiger partial charge in [-0.1, -0.05) is 41.9 Å². The van der Waals surface area contributed by atoms with E-state index in [1.807, 2.05) is 24.3 Å². The molecule has 0 aliphatic carbocycles. The fourth-order valence-electron chi connectivity index (χ4n) is 5.95. The molecule has 188 valence electrons. The van der Waals surface area contributed by atoms with Gasteiger partial charge in [-0.05, 0) is 42.3 Å². The summed E-state index contributed by atoms with van der Waals surface area (Å²) in [5, 5.41) is 4.73. The Bertz CT molecular complexity index is 1590. The normalized spacial score (nSPS) is 20.0. The summed E-state index contributed by atoms with van der Waals surface area (Å²) in [5.74, 6) is -2.91. The van der Waals surface area contributed by atoms with E-state index in [4.69, 9.17) is 16.3 Å². The number of anilines is 1. The monoisotopic (exact) mass is 521 g/mol. The molecule has 3 heterocycles. The minimum atomic E-state index is -1.02. The zero-order valence-corrected chi connectivity index (χ0v) is 20.5. The van der Waals surface area contributed by atoms with Crippen LogP contribution in [0.1, 0.15) is 33.6 Å². The Kier molecular flexibility index (Phi) is 5.45. The molecule has 0 spiro atoms. The second-order valence-electron chi connectivity index (χ2n) is 9.35. The molecule has 9 heteroatoms. The van der Waals surface area contributed by atoms with Crippen LogP contribution >= 0.6 is 11.6 Å². The van der Waals surface area contributed by atoms with E-state index in [9.17, 15) is 18.4 Å². The van der Waals surface area contributed by atoms with Crippen LogP contribution in [0.4, 0.5) is 14.5 Å². The maximum absolute atomic E-state index is 14.4. The third kappa shape index (κ3) is 3.43. The quantitative estimate of drug-likeness (QED) is 0.353. The minimum absolute atomic E-state index is 0.00728. The van der Waals surface area contributed by atoms with Crippen LogP contribution in [-0.4, -0.2) is 41.6 Å². The molecule has 1 aromatic heterocycles.